The van der Waals surface area contributed by atoms with Crippen molar-refractivity contribution in [3.05, 3.63) is 59.2 Å². The lowest BCUT2D eigenvalue weighted by atomic mass is 10.2. The molecule has 0 radical (unpaired) electrons. The highest BCUT2D eigenvalue weighted by Gasteiger charge is 2.19. The maximum Gasteiger partial charge on any atom is 0.262 e. The second-order valence-corrected chi connectivity index (χ2v) is 8.45. The Kier molecular flexibility index (Phi) is 5.82. The molecule has 1 unspecified atom stereocenters. The Balaban J connectivity index is 1.73. The van der Waals surface area contributed by atoms with E-state index in [1.54, 1.807) is 37.3 Å². The minimum Gasteiger partial charge on any atom is -0.376 e. The smallest absolute Gasteiger partial charge is 0.262 e. The fourth-order valence-electron chi connectivity index (χ4n) is 3.04. The highest BCUT2D eigenvalue weighted by atomic mass is 32.2. The standard InChI is InChI=1S/C20H24N2O4S/c1-14-8-9-15(2)19(11-14)27(24,25)22-17-6-3-5-16(12-17)20(23)21-13-18-7-4-10-26-18/h3,5-6,8-9,11-12,18,22H,4,7,10,13H2,1-2H3,(H,21,23). The molecule has 0 spiro atoms. The van der Waals surface area contributed by atoms with Crippen molar-refractivity contribution in [2.75, 3.05) is 17.9 Å². The molecule has 1 fully saturated rings. The molecule has 0 saturated carbocycles. The zero-order valence-corrected chi connectivity index (χ0v) is 16.3. The molecule has 1 atom stereocenters. The van der Waals surface area contributed by atoms with Crippen LogP contribution in [0.25, 0.3) is 0 Å². The van der Waals surface area contributed by atoms with Crippen molar-refractivity contribution >= 4 is 21.6 Å². The minimum absolute atomic E-state index is 0.0555. The van der Waals surface area contributed by atoms with Gasteiger partial charge in [0, 0.05) is 24.4 Å². The number of anilines is 1. The average Bonchev–Trinajstić information content (AvgIpc) is 3.15. The van der Waals surface area contributed by atoms with E-state index in [2.05, 4.69) is 10.0 Å². The van der Waals surface area contributed by atoms with Crippen LogP contribution in [0.2, 0.25) is 0 Å². The van der Waals surface area contributed by atoms with Crippen molar-refractivity contribution in [3.63, 3.8) is 0 Å². The molecule has 0 aromatic heterocycles. The van der Waals surface area contributed by atoms with E-state index < -0.39 is 10.0 Å². The molecule has 1 saturated heterocycles. The van der Waals surface area contributed by atoms with E-state index in [1.807, 2.05) is 13.0 Å². The summed E-state index contributed by atoms with van der Waals surface area (Å²) in [5.41, 5.74) is 2.27. The first-order valence-corrected chi connectivity index (χ1v) is 10.4. The van der Waals surface area contributed by atoms with Gasteiger partial charge in [-0.3, -0.25) is 9.52 Å². The van der Waals surface area contributed by atoms with Gasteiger partial charge in [-0.05, 0) is 62.1 Å². The zero-order valence-electron chi connectivity index (χ0n) is 15.5. The lowest BCUT2D eigenvalue weighted by Gasteiger charge is -2.13. The minimum atomic E-state index is -3.74. The van der Waals surface area contributed by atoms with E-state index in [-0.39, 0.29) is 16.9 Å². The molecule has 3 rings (SSSR count). The summed E-state index contributed by atoms with van der Waals surface area (Å²) >= 11 is 0. The van der Waals surface area contributed by atoms with Crippen LogP contribution in [-0.2, 0) is 14.8 Å². The van der Waals surface area contributed by atoms with Gasteiger partial charge in [0.2, 0.25) is 0 Å². The number of rotatable bonds is 6. The van der Waals surface area contributed by atoms with Crippen LogP contribution in [0.3, 0.4) is 0 Å². The van der Waals surface area contributed by atoms with Gasteiger partial charge in [0.25, 0.3) is 15.9 Å². The van der Waals surface area contributed by atoms with E-state index in [1.165, 1.54) is 6.07 Å². The van der Waals surface area contributed by atoms with Gasteiger partial charge in [0.1, 0.15) is 0 Å². The number of aryl methyl sites for hydroxylation is 2. The maximum atomic E-state index is 12.7. The van der Waals surface area contributed by atoms with Crippen molar-refractivity contribution in [2.45, 2.75) is 37.7 Å². The van der Waals surface area contributed by atoms with E-state index in [0.717, 1.165) is 25.0 Å². The third-order valence-corrected chi connectivity index (χ3v) is 6.05. The highest BCUT2D eigenvalue weighted by Crippen LogP contribution is 2.21. The number of hydrogen-bond acceptors (Lipinski definition) is 4. The number of carbonyl (C=O) groups excluding carboxylic acids is 1. The van der Waals surface area contributed by atoms with E-state index >= 15 is 0 Å². The molecule has 0 bridgehead atoms. The summed E-state index contributed by atoms with van der Waals surface area (Å²) in [5.74, 6) is -0.252. The van der Waals surface area contributed by atoms with Crippen LogP contribution in [0.4, 0.5) is 5.69 Å². The summed E-state index contributed by atoms with van der Waals surface area (Å²) in [6.07, 6.45) is 2.01. The van der Waals surface area contributed by atoms with Gasteiger partial charge in [-0.2, -0.15) is 0 Å². The first-order valence-electron chi connectivity index (χ1n) is 8.95. The molecule has 144 valence electrons. The molecule has 1 aliphatic heterocycles. The van der Waals surface area contributed by atoms with Gasteiger partial charge in [0.15, 0.2) is 0 Å². The summed E-state index contributed by atoms with van der Waals surface area (Å²) in [7, 11) is -3.74. The highest BCUT2D eigenvalue weighted by molar-refractivity contribution is 7.92. The molecule has 1 heterocycles. The van der Waals surface area contributed by atoms with Gasteiger partial charge in [-0.15, -0.1) is 0 Å². The third kappa shape index (κ3) is 4.87. The quantitative estimate of drug-likeness (QED) is 0.797. The number of hydrogen-bond donors (Lipinski definition) is 2. The molecule has 2 N–H and O–H groups in total. The number of benzene rings is 2. The predicted molar refractivity (Wildman–Crippen MR) is 104 cm³/mol. The van der Waals surface area contributed by atoms with Gasteiger partial charge < -0.3 is 10.1 Å². The van der Waals surface area contributed by atoms with Crippen molar-refractivity contribution in [2.24, 2.45) is 0 Å². The van der Waals surface area contributed by atoms with Crippen molar-refractivity contribution in [1.82, 2.24) is 5.32 Å². The molecular weight excluding hydrogens is 364 g/mol. The Morgan fingerprint density at radius 1 is 1.19 bits per heavy atom. The summed E-state index contributed by atoms with van der Waals surface area (Å²) < 4.78 is 33.5. The number of ether oxygens (including phenoxy) is 1. The van der Waals surface area contributed by atoms with Crippen LogP contribution < -0.4 is 10.0 Å². The molecule has 2 aromatic carbocycles. The van der Waals surface area contributed by atoms with Crippen molar-refractivity contribution in [3.8, 4) is 0 Å². The van der Waals surface area contributed by atoms with Gasteiger partial charge in [-0.25, -0.2) is 8.42 Å². The Bertz CT molecular complexity index is 935. The van der Waals surface area contributed by atoms with Crippen LogP contribution in [0, 0.1) is 13.8 Å². The number of amides is 1. The number of nitrogens with one attached hydrogen (secondary N) is 2. The Morgan fingerprint density at radius 2 is 2.00 bits per heavy atom. The van der Waals surface area contributed by atoms with Crippen LogP contribution in [0.5, 0.6) is 0 Å². The van der Waals surface area contributed by atoms with Crippen LogP contribution in [-0.4, -0.2) is 33.6 Å². The lowest BCUT2D eigenvalue weighted by molar-refractivity contribution is 0.0858. The lowest BCUT2D eigenvalue weighted by Crippen LogP contribution is -2.31. The number of sulfonamides is 1. The SMILES string of the molecule is Cc1ccc(C)c(S(=O)(=O)Nc2cccc(C(=O)NCC3CCCO3)c2)c1. The van der Waals surface area contributed by atoms with Gasteiger partial charge in [0.05, 0.1) is 11.0 Å². The summed E-state index contributed by atoms with van der Waals surface area (Å²) in [6, 6.07) is 11.7. The Hall–Kier alpha value is -2.38. The van der Waals surface area contributed by atoms with Gasteiger partial charge >= 0.3 is 0 Å². The monoisotopic (exact) mass is 388 g/mol. The van der Waals surface area contributed by atoms with E-state index in [4.69, 9.17) is 4.74 Å². The molecule has 1 amide bonds. The summed E-state index contributed by atoms with van der Waals surface area (Å²) in [6.45, 7) is 4.79. The normalized spacial score (nSPS) is 16.9. The molecular formula is C20H24N2O4S. The van der Waals surface area contributed by atoms with E-state index in [0.29, 0.717) is 23.4 Å². The molecule has 27 heavy (non-hydrogen) atoms. The largest absolute Gasteiger partial charge is 0.376 e. The first kappa shape index (κ1) is 19.4. The second-order valence-electron chi connectivity index (χ2n) is 6.80. The number of carbonyl (C=O) groups is 1. The Labute approximate surface area is 160 Å². The van der Waals surface area contributed by atoms with Crippen molar-refractivity contribution in [1.29, 1.82) is 0 Å². The predicted octanol–water partition coefficient (Wildman–Crippen LogP) is 3.01. The average molecular weight is 388 g/mol. The zero-order chi connectivity index (χ0) is 19.4. The Morgan fingerprint density at radius 3 is 2.74 bits per heavy atom. The molecule has 0 aliphatic carbocycles. The summed E-state index contributed by atoms with van der Waals surface area (Å²) in [4.78, 5) is 12.6. The van der Waals surface area contributed by atoms with E-state index in [9.17, 15) is 13.2 Å². The fourth-order valence-corrected chi connectivity index (χ4v) is 4.42. The molecule has 2 aromatic rings. The topological polar surface area (TPSA) is 84.5 Å². The van der Waals surface area contributed by atoms with Crippen molar-refractivity contribution < 1.29 is 17.9 Å². The van der Waals surface area contributed by atoms with Crippen LogP contribution in [0.1, 0.15) is 34.3 Å². The van der Waals surface area contributed by atoms with Crippen LogP contribution >= 0.6 is 0 Å². The third-order valence-electron chi connectivity index (χ3n) is 4.52. The maximum absolute atomic E-state index is 12.7. The molecule has 6 nitrogen and oxygen atoms in total. The fraction of sp³-hybridized carbons (Fsp3) is 0.350. The molecule has 7 heteroatoms. The van der Waals surface area contributed by atoms with Crippen LogP contribution in [0.15, 0.2) is 47.4 Å². The second kappa shape index (κ2) is 8.10. The summed E-state index contributed by atoms with van der Waals surface area (Å²) in [5, 5.41) is 2.84. The van der Waals surface area contributed by atoms with Gasteiger partial charge in [-0.1, -0.05) is 18.2 Å². The molecule has 1 aliphatic rings. The first-order chi connectivity index (χ1) is 12.8.